The lowest BCUT2D eigenvalue weighted by molar-refractivity contribution is 0.258. The molecule has 0 aromatic rings. The van der Waals surface area contributed by atoms with Crippen molar-refractivity contribution < 1.29 is 10.2 Å². The summed E-state index contributed by atoms with van der Waals surface area (Å²) >= 11 is 0. The van der Waals surface area contributed by atoms with Gasteiger partial charge in [0.25, 0.3) is 0 Å². The van der Waals surface area contributed by atoms with Crippen molar-refractivity contribution in [2.24, 2.45) is 5.41 Å². The highest BCUT2D eigenvalue weighted by Crippen LogP contribution is 2.42. The zero-order valence-electron chi connectivity index (χ0n) is 14.8. The summed E-state index contributed by atoms with van der Waals surface area (Å²) in [5.74, 6) is 0. The van der Waals surface area contributed by atoms with E-state index in [4.69, 9.17) is 5.11 Å². The largest absolute Gasteiger partial charge is 0.392 e. The molecule has 0 aliphatic heterocycles. The molecular formula is C20H32O2. The molecule has 1 aliphatic rings. The van der Waals surface area contributed by atoms with Gasteiger partial charge in [-0.25, -0.2) is 0 Å². The summed E-state index contributed by atoms with van der Waals surface area (Å²) in [6, 6.07) is 0. The van der Waals surface area contributed by atoms with Crippen LogP contribution in [0.1, 0.15) is 60.3 Å². The number of aliphatic hydroxyl groups is 2. The van der Waals surface area contributed by atoms with E-state index in [0.717, 1.165) is 17.6 Å². The fourth-order valence-corrected chi connectivity index (χ4v) is 3.12. The second-order valence-electron chi connectivity index (χ2n) is 7.08. The Balaban J connectivity index is 2.75. The third kappa shape index (κ3) is 5.58. The van der Waals surface area contributed by atoms with E-state index in [1.54, 1.807) is 12.2 Å². The van der Waals surface area contributed by atoms with Gasteiger partial charge in [-0.05, 0) is 57.4 Å². The Morgan fingerprint density at radius 3 is 2.55 bits per heavy atom. The van der Waals surface area contributed by atoms with Crippen LogP contribution < -0.4 is 0 Å². The average Bonchev–Trinajstić information content (AvgIpc) is 2.43. The molecule has 2 N–H and O–H groups in total. The zero-order valence-corrected chi connectivity index (χ0v) is 14.8. The molecule has 1 atom stereocenters. The Morgan fingerprint density at radius 2 is 1.95 bits per heavy atom. The van der Waals surface area contributed by atoms with Crippen LogP contribution >= 0.6 is 0 Å². The van der Waals surface area contributed by atoms with Crippen LogP contribution in [-0.2, 0) is 0 Å². The number of hydrogen-bond donors (Lipinski definition) is 2. The van der Waals surface area contributed by atoms with E-state index in [1.165, 1.54) is 30.4 Å². The van der Waals surface area contributed by atoms with Crippen LogP contribution in [0.4, 0.5) is 0 Å². The van der Waals surface area contributed by atoms with Gasteiger partial charge in [-0.3, -0.25) is 0 Å². The van der Waals surface area contributed by atoms with Crippen molar-refractivity contribution in [3.8, 4) is 0 Å². The highest BCUT2D eigenvalue weighted by atomic mass is 16.3. The molecule has 2 nitrogen and oxygen atoms in total. The van der Waals surface area contributed by atoms with Crippen molar-refractivity contribution in [2.75, 3.05) is 6.61 Å². The lowest BCUT2D eigenvalue weighted by Crippen LogP contribution is -2.20. The smallest absolute Gasteiger partial charge is 0.0932 e. The van der Waals surface area contributed by atoms with Gasteiger partial charge in [0.05, 0.1) is 12.7 Å². The Morgan fingerprint density at radius 1 is 1.27 bits per heavy atom. The van der Waals surface area contributed by atoms with Crippen LogP contribution in [-0.4, -0.2) is 22.9 Å². The van der Waals surface area contributed by atoms with Crippen LogP contribution in [0.3, 0.4) is 0 Å². The summed E-state index contributed by atoms with van der Waals surface area (Å²) in [6.07, 6.45) is 11.6. The van der Waals surface area contributed by atoms with Gasteiger partial charge in [0.2, 0.25) is 0 Å². The molecule has 1 rings (SSSR count). The molecule has 0 saturated carbocycles. The quantitative estimate of drug-likeness (QED) is 0.551. The predicted octanol–water partition coefficient (Wildman–Crippen LogP) is 4.71. The van der Waals surface area contributed by atoms with Gasteiger partial charge in [0, 0.05) is 0 Å². The number of allylic oxidation sites excluding steroid dienone is 5. The molecule has 0 radical (unpaired) electrons. The van der Waals surface area contributed by atoms with Gasteiger partial charge in [-0.2, -0.15) is 0 Å². The van der Waals surface area contributed by atoms with Crippen molar-refractivity contribution in [3.05, 3.63) is 46.6 Å². The Kier molecular flexibility index (Phi) is 7.31. The molecule has 0 saturated heterocycles. The first-order valence-electron chi connectivity index (χ1n) is 8.27. The summed E-state index contributed by atoms with van der Waals surface area (Å²) < 4.78 is 0. The summed E-state index contributed by atoms with van der Waals surface area (Å²) in [5, 5.41) is 19.0. The minimum Gasteiger partial charge on any atom is -0.392 e. The molecular weight excluding hydrogens is 272 g/mol. The highest BCUT2D eigenvalue weighted by Gasteiger charge is 2.27. The van der Waals surface area contributed by atoms with E-state index in [9.17, 15) is 5.11 Å². The molecule has 0 heterocycles. The molecule has 2 heteroatoms. The third-order valence-corrected chi connectivity index (χ3v) is 4.74. The zero-order chi connectivity index (χ0) is 16.8. The standard InChI is InChI=1S/C20H32O2/c1-15(12-14-21)8-11-19(22)17(3)9-10-18-16(2)7-6-13-20(18,4)5/h8-9,11-12,19,21-22H,6-7,10,13-14H2,1-5H3/b11-8-,15-12+,17-9+. The van der Waals surface area contributed by atoms with E-state index in [1.807, 2.05) is 19.9 Å². The first-order valence-corrected chi connectivity index (χ1v) is 8.27. The molecule has 0 amide bonds. The van der Waals surface area contributed by atoms with Gasteiger partial charge in [0.15, 0.2) is 0 Å². The normalized spacial score (nSPS) is 21.6. The Labute approximate surface area is 135 Å². The second kappa shape index (κ2) is 8.50. The summed E-state index contributed by atoms with van der Waals surface area (Å²) in [4.78, 5) is 0. The van der Waals surface area contributed by atoms with Gasteiger partial charge in [-0.15, -0.1) is 0 Å². The van der Waals surface area contributed by atoms with Crippen molar-refractivity contribution >= 4 is 0 Å². The van der Waals surface area contributed by atoms with Crippen molar-refractivity contribution in [2.45, 2.75) is 66.4 Å². The van der Waals surface area contributed by atoms with Crippen LogP contribution in [0, 0.1) is 5.41 Å². The number of hydrogen-bond acceptors (Lipinski definition) is 2. The van der Waals surface area contributed by atoms with Gasteiger partial charge in [-0.1, -0.05) is 54.9 Å². The molecule has 0 aromatic carbocycles. The van der Waals surface area contributed by atoms with Crippen LogP contribution in [0.2, 0.25) is 0 Å². The summed E-state index contributed by atoms with van der Waals surface area (Å²) in [5.41, 5.74) is 5.27. The fourth-order valence-electron chi connectivity index (χ4n) is 3.12. The maximum absolute atomic E-state index is 10.2. The predicted molar refractivity (Wildman–Crippen MR) is 94.7 cm³/mol. The van der Waals surface area contributed by atoms with E-state index in [0.29, 0.717) is 0 Å². The SMILES string of the molecule is CC1=C(C/C=C(\C)C(O)/C=C\C(C)=C\CO)C(C)(C)CCC1. The maximum atomic E-state index is 10.2. The fraction of sp³-hybridized carbons (Fsp3) is 0.600. The lowest BCUT2D eigenvalue weighted by Gasteiger charge is -2.34. The van der Waals surface area contributed by atoms with Crippen molar-refractivity contribution in [1.29, 1.82) is 0 Å². The topological polar surface area (TPSA) is 40.5 Å². The van der Waals surface area contributed by atoms with Crippen LogP contribution in [0.25, 0.3) is 0 Å². The van der Waals surface area contributed by atoms with Crippen LogP contribution in [0.15, 0.2) is 46.6 Å². The molecule has 0 fully saturated rings. The molecule has 0 bridgehead atoms. The van der Waals surface area contributed by atoms with E-state index in [-0.39, 0.29) is 12.0 Å². The molecule has 0 spiro atoms. The molecule has 1 unspecified atom stereocenters. The first kappa shape index (κ1) is 18.9. The monoisotopic (exact) mass is 304 g/mol. The summed E-state index contributed by atoms with van der Waals surface area (Å²) in [7, 11) is 0. The average molecular weight is 304 g/mol. The molecule has 1 aliphatic carbocycles. The lowest BCUT2D eigenvalue weighted by atomic mass is 9.71. The molecule has 124 valence electrons. The maximum Gasteiger partial charge on any atom is 0.0932 e. The molecule has 22 heavy (non-hydrogen) atoms. The number of rotatable bonds is 6. The summed E-state index contributed by atoms with van der Waals surface area (Å²) in [6.45, 7) is 10.8. The van der Waals surface area contributed by atoms with Gasteiger partial charge in [0.1, 0.15) is 0 Å². The van der Waals surface area contributed by atoms with Gasteiger partial charge < -0.3 is 10.2 Å². The Bertz CT molecular complexity index is 490. The van der Waals surface area contributed by atoms with Gasteiger partial charge >= 0.3 is 0 Å². The minimum atomic E-state index is -0.561. The van der Waals surface area contributed by atoms with Crippen molar-refractivity contribution in [3.63, 3.8) is 0 Å². The first-order chi connectivity index (χ1) is 10.3. The second-order valence-corrected chi connectivity index (χ2v) is 7.08. The third-order valence-electron chi connectivity index (χ3n) is 4.74. The number of aliphatic hydroxyl groups excluding tert-OH is 2. The van der Waals surface area contributed by atoms with Crippen LogP contribution in [0.5, 0.6) is 0 Å². The molecule has 0 aromatic heterocycles. The van der Waals surface area contributed by atoms with E-state index in [2.05, 4.69) is 26.8 Å². The Hall–Kier alpha value is -1.12. The van der Waals surface area contributed by atoms with E-state index >= 15 is 0 Å². The van der Waals surface area contributed by atoms with E-state index < -0.39 is 6.10 Å². The van der Waals surface area contributed by atoms with Crippen molar-refractivity contribution in [1.82, 2.24) is 0 Å². The minimum absolute atomic E-state index is 0.0314. The highest BCUT2D eigenvalue weighted by molar-refractivity contribution is 5.27.